The standard InChI is InChI=1S/C16H31N3O13/c1-10(2)4-12(5-14(20)21)6-17-16(23)31-11(3)30-15(22)9-28-7-13(32-19(26)27)8-29-18(24)25/h10-13,24-27H,4-9H2,1-3H3,(H,17,23)(H,20,21)/t11?,12-,13+/m0/s1. The van der Waals surface area contributed by atoms with Gasteiger partial charge in [-0.15, -0.1) is 0 Å². The van der Waals surface area contributed by atoms with Crippen LogP contribution >= 0.6 is 0 Å². The van der Waals surface area contributed by atoms with Gasteiger partial charge in [-0.25, -0.2) is 19.3 Å². The number of nitrogens with zero attached hydrogens (tertiary/aromatic N) is 2. The minimum absolute atomic E-state index is 0.0718. The number of amides is 1. The van der Waals surface area contributed by atoms with Crippen LogP contribution in [0.15, 0.2) is 0 Å². The fraction of sp³-hybridized carbons (Fsp3) is 0.812. The third kappa shape index (κ3) is 17.5. The third-order valence-electron chi connectivity index (χ3n) is 3.52. The van der Waals surface area contributed by atoms with E-state index in [1.54, 1.807) is 0 Å². The Morgan fingerprint density at radius 1 is 0.969 bits per heavy atom. The van der Waals surface area contributed by atoms with Crippen LogP contribution in [-0.2, 0) is 33.5 Å². The summed E-state index contributed by atoms with van der Waals surface area (Å²) in [6.07, 6.45) is -2.98. The molecule has 0 heterocycles. The van der Waals surface area contributed by atoms with Crippen molar-refractivity contribution >= 4 is 18.0 Å². The molecule has 3 atom stereocenters. The number of alkyl carbamates (subject to hydrolysis) is 1. The number of carbonyl (C=O) groups is 3. The van der Waals surface area contributed by atoms with Crippen LogP contribution in [0.5, 0.6) is 0 Å². The van der Waals surface area contributed by atoms with Crippen molar-refractivity contribution in [2.24, 2.45) is 11.8 Å². The van der Waals surface area contributed by atoms with Crippen molar-refractivity contribution in [3.05, 3.63) is 0 Å². The molecular formula is C16H31N3O13. The zero-order valence-corrected chi connectivity index (χ0v) is 17.9. The summed E-state index contributed by atoms with van der Waals surface area (Å²) in [5.41, 5.74) is 0. The van der Waals surface area contributed by atoms with Crippen LogP contribution in [-0.4, -0.2) is 93.5 Å². The SMILES string of the molecule is CC(C)C[C@H](CNC(=O)OC(C)OC(=O)COC[C@H](CON(O)O)ON(O)O)CC(=O)O. The fourth-order valence-corrected chi connectivity index (χ4v) is 2.48. The van der Waals surface area contributed by atoms with E-state index >= 15 is 0 Å². The van der Waals surface area contributed by atoms with Crippen LogP contribution in [0.2, 0.25) is 0 Å². The van der Waals surface area contributed by atoms with Crippen LogP contribution in [0.4, 0.5) is 4.79 Å². The van der Waals surface area contributed by atoms with E-state index in [-0.39, 0.29) is 24.8 Å². The van der Waals surface area contributed by atoms with Crippen LogP contribution in [0.3, 0.4) is 0 Å². The van der Waals surface area contributed by atoms with E-state index in [1.807, 2.05) is 13.8 Å². The molecule has 0 saturated carbocycles. The Labute approximate surface area is 183 Å². The quantitative estimate of drug-likeness (QED) is 0.0940. The van der Waals surface area contributed by atoms with E-state index in [1.165, 1.54) is 6.92 Å². The molecule has 32 heavy (non-hydrogen) atoms. The van der Waals surface area contributed by atoms with Crippen molar-refractivity contribution in [2.45, 2.75) is 46.0 Å². The number of ether oxygens (including phenoxy) is 3. The molecule has 0 aliphatic heterocycles. The summed E-state index contributed by atoms with van der Waals surface area (Å²) < 4.78 is 14.6. The molecule has 188 valence electrons. The van der Waals surface area contributed by atoms with Crippen LogP contribution in [0, 0.1) is 11.8 Å². The average molecular weight is 473 g/mol. The molecule has 0 rings (SSSR count). The highest BCUT2D eigenvalue weighted by atomic mass is 17.1. The molecule has 0 aliphatic carbocycles. The zero-order valence-electron chi connectivity index (χ0n) is 17.9. The molecule has 0 aromatic heterocycles. The Hall–Kier alpha value is -2.15. The number of carboxylic acid groups (broad SMARTS) is 1. The second kappa shape index (κ2) is 16.5. The van der Waals surface area contributed by atoms with Crippen molar-refractivity contribution in [1.29, 1.82) is 0 Å². The lowest BCUT2D eigenvalue weighted by Crippen LogP contribution is -2.36. The molecule has 0 spiro atoms. The summed E-state index contributed by atoms with van der Waals surface area (Å²) in [6, 6.07) is 0. The van der Waals surface area contributed by atoms with E-state index in [4.69, 9.17) is 40.1 Å². The van der Waals surface area contributed by atoms with Gasteiger partial charge in [0.15, 0.2) is 0 Å². The van der Waals surface area contributed by atoms with Crippen molar-refractivity contribution in [3.63, 3.8) is 0 Å². The Balaban J connectivity index is 4.29. The first-order valence-electron chi connectivity index (χ1n) is 9.47. The average Bonchev–Trinajstić information content (AvgIpc) is 2.62. The van der Waals surface area contributed by atoms with Crippen molar-refractivity contribution in [2.75, 3.05) is 26.4 Å². The minimum Gasteiger partial charge on any atom is -0.481 e. The van der Waals surface area contributed by atoms with E-state index in [2.05, 4.69) is 15.0 Å². The summed E-state index contributed by atoms with van der Waals surface area (Å²) >= 11 is 0. The molecule has 6 N–H and O–H groups in total. The first kappa shape index (κ1) is 29.9. The molecule has 0 aliphatic rings. The molecule has 0 fully saturated rings. The molecule has 16 heteroatoms. The Morgan fingerprint density at radius 2 is 1.62 bits per heavy atom. The van der Waals surface area contributed by atoms with Gasteiger partial charge in [0, 0.05) is 19.9 Å². The Kier molecular flexibility index (Phi) is 15.4. The lowest BCUT2D eigenvalue weighted by Gasteiger charge is -2.20. The molecule has 1 amide bonds. The summed E-state index contributed by atoms with van der Waals surface area (Å²) in [5.74, 6) is -1.98. The topological polar surface area (TPSA) is 217 Å². The van der Waals surface area contributed by atoms with Crippen molar-refractivity contribution in [1.82, 2.24) is 16.1 Å². The molecule has 1 unspecified atom stereocenters. The smallest absolute Gasteiger partial charge is 0.410 e. The molecule has 0 saturated heterocycles. The summed E-state index contributed by atoms with van der Waals surface area (Å²) in [4.78, 5) is 43.1. The van der Waals surface area contributed by atoms with Gasteiger partial charge in [-0.2, -0.15) is 0 Å². The van der Waals surface area contributed by atoms with Crippen molar-refractivity contribution < 1.29 is 64.2 Å². The maximum Gasteiger partial charge on any atom is 0.410 e. The van der Waals surface area contributed by atoms with Gasteiger partial charge in [0.05, 0.1) is 17.4 Å². The highest BCUT2D eigenvalue weighted by molar-refractivity contribution is 5.71. The van der Waals surface area contributed by atoms with E-state index < -0.39 is 61.0 Å². The minimum atomic E-state index is -1.28. The largest absolute Gasteiger partial charge is 0.481 e. The Bertz CT molecular complexity index is 561. The predicted molar refractivity (Wildman–Crippen MR) is 97.7 cm³/mol. The van der Waals surface area contributed by atoms with Crippen LogP contribution in [0.25, 0.3) is 0 Å². The van der Waals surface area contributed by atoms with Gasteiger partial charge in [0.25, 0.3) is 0 Å². The first-order valence-corrected chi connectivity index (χ1v) is 9.47. The van der Waals surface area contributed by atoms with Gasteiger partial charge >= 0.3 is 18.0 Å². The summed E-state index contributed by atoms with van der Waals surface area (Å²) in [7, 11) is 0. The number of hydrogen-bond donors (Lipinski definition) is 6. The number of aliphatic carboxylic acids is 1. The second-order valence-electron chi connectivity index (χ2n) is 6.98. The maximum absolute atomic E-state index is 11.8. The van der Waals surface area contributed by atoms with Gasteiger partial charge in [0.2, 0.25) is 6.29 Å². The number of carboxylic acids is 1. The lowest BCUT2D eigenvalue weighted by atomic mass is 9.94. The van der Waals surface area contributed by atoms with Gasteiger partial charge in [-0.05, 0) is 18.3 Å². The number of nitrogens with one attached hydrogen (secondary N) is 1. The number of rotatable bonds is 17. The van der Waals surface area contributed by atoms with Gasteiger partial charge in [-0.1, -0.05) is 13.8 Å². The van der Waals surface area contributed by atoms with Gasteiger partial charge in [-0.3, -0.25) is 25.6 Å². The number of esters is 1. The monoisotopic (exact) mass is 473 g/mol. The maximum atomic E-state index is 11.8. The molecule has 0 radical (unpaired) electrons. The second-order valence-corrected chi connectivity index (χ2v) is 6.98. The summed E-state index contributed by atoms with van der Waals surface area (Å²) in [6.45, 7) is 3.49. The van der Waals surface area contributed by atoms with Crippen LogP contribution in [0.1, 0.15) is 33.6 Å². The van der Waals surface area contributed by atoms with Crippen LogP contribution < -0.4 is 5.32 Å². The zero-order chi connectivity index (χ0) is 24.7. The molecule has 0 bridgehead atoms. The molecule has 16 nitrogen and oxygen atoms in total. The molecule has 0 aromatic carbocycles. The molecular weight excluding hydrogens is 442 g/mol. The van der Waals surface area contributed by atoms with E-state index in [9.17, 15) is 14.4 Å². The first-order chi connectivity index (χ1) is 14.9. The van der Waals surface area contributed by atoms with Crippen molar-refractivity contribution in [3.8, 4) is 0 Å². The van der Waals surface area contributed by atoms with E-state index in [0.29, 0.717) is 6.42 Å². The van der Waals surface area contributed by atoms with Gasteiger partial charge < -0.3 is 24.6 Å². The number of carbonyl (C=O) groups excluding carboxylic acids is 2. The van der Waals surface area contributed by atoms with E-state index in [0.717, 1.165) is 0 Å². The van der Waals surface area contributed by atoms with Gasteiger partial charge in [0.1, 0.15) is 19.3 Å². The lowest BCUT2D eigenvalue weighted by molar-refractivity contribution is -0.528. The summed E-state index contributed by atoms with van der Waals surface area (Å²) in [5, 5.41) is 44.2. The Morgan fingerprint density at radius 3 is 2.16 bits per heavy atom. The fourth-order valence-electron chi connectivity index (χ4n) is 2.48. The predicted octanol–water partition coefficient (Wildman–Crippen LogP) is 0.148. The molecule has 0 aromatic rings. The normalized spacial score (nSPS) is 14.3. The highest BCUT2D eigenvalue weighted by Gasteiger charge is 2.20. The number of hydrogen-bond acceptors (Lipinski definition) is 14. The third-order valence-corrected chi connectivity index (χ3v) is 3.52. The highest BCUT2D eigenvalue weighted by Crippen LogP contribution is 2.14.